The zero-order chi connectivity index (χ0) is 13.2. The van der Waals surface area contributed by atoms with Crippen LogP contribution in [0.25, 0.3) is 0 Å². The molecule has 1 aromatic carbocycles. The van der Waals surface area contributed by atoms with Crippen LogP contribution >= 0.6 is 0 Å². The quantitative estimate of drug-likeness (QED) is 0.821. The van der Waals surface area contributed by atoms with Crippen LogP contribution in [0.3, 0.4) is 0 Å². The van der Waals surface area contributed by atoms with Crippen molar-refractivity contribution in [3.8, 4) is 0 Å². The fraction of sp³-hybridized carbons (Fsp3) is 0.625. The summed E-state index contributed by atoms with van der Waals surface area (Å²) >= 11 is 0. The summed E-state index contributed by atoms with van der Waals surface area (Å²) < 4.78 is 0. The molecule has 1 heterocycles. The third-order valence-corrected chi connectivity index (χ3v) is 4.83. The maximum absolute atomic E-state index is 5.75. The van der Waals surface area contributed by atoms with Crippen molar-refractivity contribution in [1.29, 1.82) is 0 Å². The van der Waals surface area contributed by atoms with Crippen molar-refractivity contribution >= 4 is 5.69 Å². The van der Waals surface area contributed by atoms with Crippen molar-refractivity contribution in [2.24, 2.45) is 5.41 Å². The van der Waals surface area contributed by atoms with E-state index in [1.807, 2.05) is 12.1 Å². The molecule has 1 atom stereocenters. The molecule has 0 aromatic heterocycles. The van der Waals surface area contributed by atoms with Crippen molar-refractivity contribution < 1.29 is 0 Å². The van der Waals surface area contributed by atoms with E-state index in [4.69, 9.17) is 5.73 Å². The first kappa shape index (κ1) is 13.4. The van der Waals surface area contributed by atoms with E-state index in [9.17, 15) is 0 Å². The topological polar surface area (TPSA) is 29.3 Å². The molecule has 0 aliphatic carbocycles. The molecule has 2 N–H and O–H groups in total. The van der Waals surface area contributed by atoms with Gasteiger partial charge in [0.15, 0.2) is 0 Å². The molecule has 1 aliphatic rings. The van der Waals surface area contributed by atoms with E-state index in [1.165, 1.54) is 37.9 Å². The molecule has 18 heavy (non-hydrogen) atoms. The summed E-state index contributed by atoms with van der Waals surface area (Å²) in [6.45, 7) is 9.49. The van der Waals surface area contributed by atoms with E-state index in [0.29, 0.717) is 11.5 Å². The Balaban J connectivity index is 1.99. The smallest absolute Gasteiger partial charge is 0.0319 e. The first-order valence-corrected chi connectivity index (χ1v) is 7.13. The molecule has 0 amide bonds. The normalized spacial score (nSPS) is 21.7. The Kier molecular flexibility index (Phi) is 3.96. The Hall–Kier alpha value is -1.02. The van der Waals surface area contributed by atoms with Gasteiger partial charge in [-0.25, -0.2) is 0 Å². The van der Waals surface area contributed by atoms with Crippen LogP contribution in [0.15, 0.2) is 24.3 Å². The van der Waals surface area contributed by atoms with Crippen molar-refractivity contribution in [3.05, 3.63) is 29.8 Å². The Morgan fingerprint density at radius 1 is 1.22 bits per heavy atom. The molecule has 0 saturated carbocycles. The van der Waals surface area contributed by atoms with Gasteiger partial charge in [-0.1, -0.05) is 32.4 Å². The number of piperidine rings is 1. The highest BCUT2D eigenvalue weighted by atomic mass is 15.2. The first-order chi connectivity index (χ1) is 8.54. The van der Waals surface area contributed by atoms with E-state index in [1.54, 1.807) is 0 Å². The zero-order valence-electron chi connectivity index (χ0n) is 11.9. The highest BCUT2D eigenvalue weighted by Crippen LogP contribution is 2.36. The average molecular weight is 246 g/mol. The predicted octanol–water partition coefficient (Wildman–Crippen LogP) is 3.84. The standard InChI is InChI=1S/C16H26N2/c1-4-16(3)9-11-18(12-10-16)13(2)14-5-7-15(17)8-6-14/h5-8,13H,4,9-12,17H2,1-3H3. The second-order valence-electron chi connectivity index (χ2n) is 6.04. The second kappa shape index (κ2) is 5.31. The lowest BCUT2D eigenvalue weighted by Gasteiger charge is -2.41. The van der Waals surface area contributed by atoms with Gasteiger partial charge in [0, 0.05) is 11.7 Å². The van der Waals surface area contributed by atoms with Gasteiger partial charge in [0.25, 0.3) is 0 Å². The molecule has 0 radical (unpaired) electrons. The summed E-state index contributed by atoms with van der Waals surface area (Å²) in [5.41, 5.74) is 8.54. The molecule has 2 nitrogen and oxygen atoms in total. The fourth-order valence-corrected chi connectivity index (χ4v) is 2.79. The molecule has 2 heteroatoms. The van der Waals surface area contributed by atoms with Crippen molar-refractivity contribution in [2.75, 3.05) is 18.8 Å². The van der Waals surface area contributed by atoms with Gasteiger partial charge >= 0.3 is 0 Å². The molecular formula is C16H26N2. The molecule has 0 bridgehead atoms. The molecule has 2 rings (SSSR count). The number of likely N-dealkylation sites (tertiary alicyclic amines) is 1. The molecule has 1 aliphatic heterocycles. The molecule has 100 valence electrons. The Bertz CT molecular complexity index is 375. The lowest BCUT2D eigenvalue weighted by Crippen LogP contribution is -2.39. The van der Waals surface area contributed by atoms with Gasteiger partial charge in [0.05, 0.1) is 0 Å². The number of nitrogen functional groups attached to an aromatic ring is 1. The van der Waals surface area contributed by atoms with Crippen LogP contribution in [-0.4, -0.2) is 18.0 Å². The van der Waals surface area contributed by atoms with Crippen molar-refractivity contribution in [2.45, 2.75) is 46.1 Å². The van der Waals surface area contributed by atoms with E-state index in [-0.39, 0.29) is 0 Å². The number of nitrogens with two attached hydrogens (primary N) is 1. The van der Waals surface area contributed by atoms with E-state index in [2.05, 4.69) is 37.8 Å². The monoisotopic (exact) mass is 246 g/mol. The van der Waals surface area contributed by atoms with Crippen molar-refractivity contribution in [1.82, 2.24) is 4.90 Å². The highest BCUT2D eigenvalue weighted by Gasteiger charge is 2.30. The van der Waals surface area contributed by atoms with Gasteiger partial charge < -0.3 is 5.73 Å². The Labute approximate surface area is 111 Å². The third-order valence-electron chi connectivity index (χ3n) is 4.83. The summed E-state index contributed by atoms with van der Waals surface area (Å²) in [6.07, 6.45) is 3.95. The van der Waals surface area contributed by atoms with Gasteiger partial charge in [0.1, 0.15) is 0 Å². The third kappa shape index (κ3) is 2.86. The minimum atomic E-state index is 0.506. The average Bonchev–Trinajstić information content (AvgIpc) is 2.40. The van der Waals surface area contributed by atoms with Crippen LogP contribution in [0.5, 0.6) is 0 Å². The van der Waals surface area contributed by atoms with Crippen LogP contribution in [0, 0.1) is 5.41 Å². The summed E-state index contributed by atoms with van der Waals surface area (Å²) in [5.74, 6) is 0. The number of benzene rings is 1. The minimum absolute atomic E-state index is 0.506. The largest absolute Gasteiger partial charge is 0.399 e. The molecule has 1 saturated heterocycles. The molecular weight excluding hydrogens is 220 g/mol. The summed E-state index contributed by atoms with van der Waals surface area (Å²) in [5, 5.41) is 0. The van der Waals surface area contributed by atoms with Crippen LogP contribution in [0.1, 0.15) is 51.6 Å². The lowest BCUT2D eigenvalue weighted by molar-refractivity contribution is 0.0864. The van der Waals surface area contributed by atoms with Crippen LogP contribution < -0.4 is 5.73 Å². The van der Waals surface area contributed by atoms with Crippen LogP contribution in [0.2, 0.25) is 0 Å². The van der Waals surface area contributed by atoms with E-state index in [0.717, 1.165) is 5.69 Å². The van der Waals surface area contributed by atoms with Gasteiger partial charge in [-0.05, 0) is 56.0 Å². The number of hydrogen-bond donors (Lipinski definition) is 1. The van der Waals surface area contributed by atoms with Crippen molar-refractivity contribution in [3.63, 3.8) is 0 Å². The van der Waals surface area contributed by atoms with Crippen LogP contribution in [-0.2, 0) is 0 Å². The first-order valence-electron chi connectivity index (χ1n) is 7.13. The molecule has 1 fully saturated rings. The number of anilines is 1. The van der Waals surface area contributed by atoms with E-state index >= 15 is 0 Å². The zero-order valence-corrected chi connectivity index (χ0v) is 11.9. The highest BCUT2D eigenvalue weighted by molar-refractivity contribution is 5.40. The van der Waals surface area contributed by atoms with E-state index < -0.39 is 0 Å². The van der Waals surface area contributed by atoms with Gasteiger partial charge in [0.2, 0.25) is 0 Å². The SMILES string of the molecule is CCC1(C)CCN(C(C)c2ccc(N)cc2)CC1. The summed E-state index contributed by atoms with van der Waals surface area (Å²) in [4.78, 5) is 2.60. The van der Waals surface area contributed by atoms with Gasteiger partial charge in [-0.2, -0.15) is 0 Å². The van der Waals surface area contributed by atoms with Crippen LogP contribution in [0.4, 0.5) is 5.69 Å². The Morgan fingerprint density at radius 2 is 1.78 bits per heavy atom. The summed E-state index contributed by atoms with van der Waals surface area (Å²) in [7, 11) is 0. The summed E-state index contributed by atoms with van der Waals surface area (Å²) in [6, 6.07) is 8.84. The number of nitrogens with zero attached hydrogens (tertiary/aromatic N) is 1. The maximum Gasteiger partial charge on any atom is 0.0319 e. The number of rotatable bonds is 3. The lowest BCUT2D eigenvalue weighted by atomic mass is 9.78. The number of hydrogen-bond acceptors (Lipinski definition) is 2. The molecule has 1 aromatic rings. The maximum atomic E-state index is 5.75. The predicted molar refractivity (Wildman–Crippen MR) is 78.5 cm³/mol. The van der Waals surface area contributed by atoms with Gasteiger partial charge in [-0.3, -0.25) is 4.90 Å². The fourth-order valence-electron chi connectivity index (χ4n) is 2.79. The minimum Gasteiger partial charge on any atom is -0.399 e. The Morgan fingerprint density at radius 3 is 2.28 bits per heavy atom. The molecule has 0 spiro atoms. The van der Waals surface area contributed by atoms with Gasteiger partial charge in [-0.15, -0.1) is 0 Å². The molecule has 1 unspecified atom stereocenters. The second-order valence-corrected chi connectivity index (χ2v) is 6.04.